The zero-order valence-electron chi connectivity index (χ0n) is 7.24. The Hall–Kier alpha value is -0.760. The Morgan fingerprint density at radius 1 is 1.33 bits per heavy atom. The molecule has 64 valence electrons. The van der Waals surface area contributed by atoms with Crippen LogP contribution in [0, 0.1) is 0 Å². The van der Waals surface area contributed by atoms with Crippen LogP contribution in [0.3, 0.4) is 0 Å². The van der Waals surface area contributed by atoms with E-state index in [-0.39, 0.29) is 0 Å². The number of hydrogen-bond acceptors (Lipinski definition) is 2. The largest absolute Gasteiger partial charge is 0.370 e. The van der Waals surface area contributed by atoms with E-state index in [0.717, 1.165) is 12.6 Å². The van der Waals surface area contributed by atoms with Crippen molar-refractivity contribution in [3.8, 4) is 0 Å². The van der Waals surface area contributed by atoms with Crippen molar-refractivity contribution in [1.29, 1.82) is 0 Å². The van der Waals surface area contributed by atoms with Gasteiger partial charge in [-0.1, -0.05) is 12.2 Å². The van der Waals surface area contributed by atoms with Crippen molar-refractivity contribution in [3.63, 3.8) is 0 Å². The van der Waals surface area contributed by atoms with E-state index in [4.69, 9.17) is 0 Å². The Morgan fingerprint density at radius 3 is 3.33 bits per heavy atom. The maximum Gasteiger partial charge on any atom is 0.0626 e. The van der Waals surface area contributed by atoms with Gasteiger partial charge in [-0.15, -0.1) is 0 Å². The molecule has 0 aromatic heterocycles. The molecule has 3 aliphatic heterocycles. The molecular weight excluding hydrogens is 148 g/mol. The fraction of sp³-hybridized carbons (Fsp3) is 0.600. The van der Waals surface area contributed by atoms with Crippen molar-refractivity contribution >= 4 is 0 Å². The zero-order valence-corrected chi connectivity index (χ0v) is 7.24. The van der Waals surface area contributed by atoms with E-state index >= 15 is 0 Å². The van der Waals surface area contributed by atoms with Gasteiger partial charge in [-0.2, -0.15) is 0 Å². The molecule has 2 nitrogen and oxygen atoms in total. The molecule has 0 amide bonds. The van der Waals surface area contributed by atoms with Crippen LogP contribution in [0.15, 0.2) is 23.9 Å². The molecule has 12 heavy (non-hydrogen) atoms. The lowest BCUT2D eigenvalue weighted by atomic mass is 10.2. The Bertz CT molecular complexity index is 255. The van der Waals surface area contributed by atoms with Gasteiger partial charge >= 0.3 is 0 Å². The van der Waals surface area contributed by atoms with Crippen molar-refractivity contribution in [1.82, 2.24) is 9.80 Å². The van der Waals surface area contributed by atoms with Crippen LogP contribution in [-0.4, -0.2) is 42.0 Å². The first-order chi connectivity index (χ1) is 5.95. The van der Waals surface area contributed by atoms with E-state index in [1.807, 2.05) is 0 Å². The number of fused-ring (bicyclic) bond motifs is 3. The quantitative estimate of drug-likeness (QED) is 0.487. The molecule has 0 aliphatic carbocycles. The topological polar surface area (TPSA) is 6.25 Å². The molecule has 2 unspecified atom stereocenters. The number of nitrogens with zero attached hydrogens (tertiary/aromatic N) is 2. The smallest absolute Gasteiger partial charge is 0.0626 e. The van der Waals surface area contributed by atoms with Crippen molar-refractivity contribution in [2.75, 3.05) is 26.2 Å². The van der Waals surface area contributed by atoms with Crippen LogP contribution in [-0.2, 0) is 0 Å². The van der Waals surface area contributed by atoms with E-state index in [0.29, 0.717) is 0 Å². The Morgan fingerprint density at radius 2 is 2.33 bits per heavy atom. The second kappa shape index (κ2) is 2.36. The first kappa shape index (κ1) is 6.72. The van der Waals surface area contributed by atoms with E-state index in [1.165, 1.54) is 26.1 Å². The molecule has 0 aromatic carbocycles. The molecule has 3 rings (SSSR count). The first-order valence-electron chi connectivity index (χ1n) is 4.81. The van der Waals surface area contributed by atoms with Gasteiger partial charge in [0.25, 0.3) is 0 Å². The van der Waals surface area contributed by atoms with Crippen LogP contribution in [0.4, 0.5) is 0 Å². The molecule has 2 saturated heterocycles. The molecule has 0 radical (unpaired) electrons. The highest BCUT2D eigenvalue weighted by molar-refractivity contribution is 5.27. The van der Waals surface area contributed by atoms with Gasteiger partial charge in [-0.25, -0.2) is 0 Å². The minimum atomic E-state index is 0.775. The lowest BCUT2D eigenvalue weighted by Crippen LogP contribution is -2.27. The maximum absolute atomic E-state index is 2.56. The average Bonchev–Trinajstić information content (AvgIpc) is 2.82. The summed E-state index contributed by atoms with van der Waals surface area (Å²) in [5.41, 5.74) is 1.56. The van der Waals surface area contributed by atoms with Crippen LogP contribution in [0.2, 0.25) is 0 Å². The third-order valence-electron chi connectivity index (χ3n) is 3.02. The summed E-state index contributed by atoms with van der Waals surface area (Å²) in [6.07, 6.45) is 8.08. The van der Waals surface area contributed by atoms with E-state index in [1.54, 1.807) is 5.70 Å². The Kier molecular flexibility index (Phi) is 1.32. The summed E-state index contributed by atoms with van der Waals surface area (Å²) in [5.74, 6) is 0. The highest BCUT2D eigenvalue weighted by Gasteiger charge is 2.40. The summed E-state index contributed by atoms with van der Waals surface area (Å²) in [6, 6.07) is 0.775. The lowest BCUT2D eigenvalue weighted by Gasteiger charge is -2.26. The van der Waals surface area contributed by atoms with Crippen molar-refractivity contribution in [2.24, 2.45) is 0 Å². The standard InChI is InChI=1S/C10H14N2/c1-2-5-11-6-3-7-12-8-10(12)9(11)4-1/h1-2,4,10H,3,5-8H2. The molecule has 0 saturated carbocycles. The fourth-order valence-electron chi connectivity index (χ4n) is 2.28. The van der Waals surface area contributed by atoms with E-state index in [9.17, 15) is 0 Å². The zero-order chi connectivity index (χ0) is 7.97. The summed E-state index contributed by atoms with van der Waals surface area (Å²) in [5, 5.41) is 0. The highest BCUT2D eigenvalue weighted by atomic mass is 15.4. The SMILES string of the molecule is C1=CCN2CCCN3CC3C2=C1. The van der Waals surface area contributed by atoms with Crippen molar-refractivity contribution in [3.05, 3.63) is 23.9 Å². The van der Waals surface area contributed by atoms with Crippen molar-refractivity contribution in [2.45, 2.75) is 12.5 Å². The van der Waals surface area contributed by atoms with Crippen LogP contribution in [0.5, 0.6) is 0 Å². The van der Waals surface area contributed by atoms with Crippen LogP contribution >= 0.6 is 0 Å². The minimum absolute atomic E-state index is 0.775. The molecule has 0 aromatic rings. The predicted octanol–water partition coefficient (Wildman–Crippen LogP) is 0.830. The third kappa shape index (κ3) is 0.911. The molecule has 0 spiro atoms. The van der Waals surface area contributed by atoms with Crippen LogP contribution in [0.1, 0.15) is 6.42 Å². The fourth-order valence-corrected chi connectivity index (χ4v) is 2.28. The normalized spacial score (nSPS) is 38.0. The Balaban J connectivity index is 1.91. The van der Waals surface area contributed by atoms with E-state index < -0.39 is 0 Å². The van der Waals surface area contributed by atoms with Crippen LogP contribution < -0.4 is 0 Å². The molecule has 2 heteroatoms. The average molecular weight is 162 g/mol. The van der Waals surface area contributed by atoms with Gasteiger partial charge in [0.1, 0.15) is 0 Å². The second-order valence-corrected chi connectivity index (χ2v) is 3.83. The van der Waals surface area contributed by atoms with Gasteiger partial charge < -0.3 is 4.90 Å². The minimum Gasteiger partial charge on any atom is -0.370 e. The second-order valence-electron chi connectivity index (χ2n) is 3.83. The Labute approximate surface area is 73.1 Å². The number of hydrogen-bond donors (Lipinski definition) is 0. The highest BCUT2D eigenvalue weighted by Crippen LogP contribution is 2.31. The van der Waals surface area contributed by atoms with Crippen molar-refractivity contribution < 1.29 is 0 Å². The van der Waals surface area contributed by atoms with Gasteiger partial charge in [-0.05, 0) is 12.5 Å². The summed E-state index contributed by atoms with van der Waals surface area (Å²) in [6.45, 7) is 4.99. The maximum atomic E-state index is 2.56. The first-order valence-corrected chi connectivity index (χ1v) is 4.81. The molecule has 0 N–H and O–H groups in total. The summed E-state index contributed by atoms with van der Waals surface area (Å²) < 4.78 is 0. The van der Waals surface area contributed by atoms with Gasteiger partial charge in [-0.3, -0.25) is 4.90 Å². The predicted molar refractivity (Wildman–Crippen MR) is 48.8 cm³/mol. The number of rotatable bonds is 0. The molecule has 3 aliphatic rings. The number of allylic oxidation sites excluding steroid dienone is 2. The molecule has 2 atom stereocenters. The molecular formula is C10H14N2. The van der Waals surface area contributed by atoms with Gasteiger partial charge in [0, 0.05) is 31.9 Å². The van der Waals surface area contributed by atoms with Gasteiger partial charge in [0.2, 0.25) is 0 Å². The molecule has 0 bridgehead atoms. The van der Waals surface area contributed by atoms with Gasteiger partial charge in [0.05, 0.1) is 6.04 Å². The van der Waals surface area contributed by atoms with E-state index in [2.05, 4.69) is 28.0 Å². The summed E-state index contributed by atoms with van der Waals surface area (Å²) in [4.78, 5) is 5.09. The monoisotopic (exact) mass is 162 g/mol. The van der Waals surface area contributed by atoms with Crippen LogP contribution in [0.25, 0.3) is 0 Å². The third-order valence-corrected chi connectivity index (χ3v) is 3.02. The lowest BCUT2D eigenvalue weighted by molar-refractivity contribution is 0.375. The summed E-state index contributed by atoms with van der Waals surface area (Å²) in [7, 11) is 0. The van der Waals surface area contributed by atoms with Gasteiger partial charge in [0.15, 0.2) is 0 Å². The summed E-state index contributed by atoms with van der Waals surface area (Å²) >= 11 is 0. The molecule has 2 fully saturated rings. The molecule has 3 heterocycles.